The van der Waals surface area contributed by atoms with Gasteiger partial charge in [0.2, 0.25) is 5.91 Å². The average molecular weight is 372 g/mol. The van der Waals surface area contributed by atoms with Gasteiger partial charge in [-0.1, -0.05) is 6.07 Å². The summed E-state index contributed by atoms with van der Waals surface area (Å²) in [4.78, 5) is 36.1. The number of hydrogen-bond donors (Lipinski definition) is 2. The van der Waals surface area contributed by atoms with Gasteiger partial charge in [0, 0.05) is 18.7 Å². The van der Waals surface area contributed by atoms with Crippen molar-refractivity contribution in [3.05, 3.63) is 34.9 Å². The lowest BCUT2D eigenvalue weighted by Crippen LogP contribution is -2.48. The molecular formula is C17H19F3N2O4. The molecular weight excluding hydrogens is 353 g/mol. The molecule has 1 unspecified atom stereocenters. The maximum absolute atomic E-state index is 13.1. The normalized spacial score (nSPS) is 20.1. The summed E-state index contributed by atoms with van der Waals surface area (Å²) >= 11 is 0. The van der Waals surface area contributed by atoms with E-state index >= 15 is 0 Å². The second-order valence-corrected chi connectivity index (χ2v) is 6.43. The number of carboxylic acids is 1. The summed E-state index contributed by atoms with van der Waals surface area (Å²) < 4.78 is 39.4. The molecule has 1 heterocycles. The number of halogens is 3. The minimum Gasteiger partial charge on any atom is -0.481 e. The van der Waals surface area contributed by atoms with Gasteiger partial charge in [-0.3, -0.25) is 14.4 Å². The number of rotatable bonds is 4. The third-order valence-corrected chi connectivity index (χ3v) is 4.74. The Morgan fingerprint density at radius 2 is 1.88 bits per heavy atom. The first-order chi connectivity index (χ1) is 12.0. The molecule has 1 atom stereocenters. The van der Waals surface area contributed by atoms with Crippen LogP contribution >= 0.6 is 0 Å². The third-order valence-electron chi connectivity index (χ3n) is 4.74. The van der Waals surface area contributed by atoms with Crippen LogP contribution in [0.15, 0.2) is 18.2 Å². The smallest absolute Gasteiger partial charge is 0.406 e. The van der Waals surface area contributed by atoms with Crippen LogP contribution in [0.3, 0.4) is 0 Å². The minimum absolute atomic E-state index is 0.329. The zero-order valence-corrected chi connectivity index (χ0v) is 14.3. The highest BCUT2D eigenvalue weighted by molar-refractivity contribution is 5.96. The molecule has 0 radical (unpaired) electrons. The number of nitrogens with zero attached hydrogens (tertiary/aromatic N) is 1. The predicted molar refractivity (Wildman–Crippen MR) is 85.6 cm³/mol. The molecule has 6 nitrogen and oxygen atoms in total. The molecule has 0 bridgehead atoms. The van der Waals surface area contributed by atoms with E-state index in [-0.39, 0.29) is 6.54 Å². The topological polar surface area (TPSA) is 86.7 Å². The molecule has 2 rings (SSSR count). The van der Waals surface area contributed by atoms with Gasteiger partial charge in [-0.05, 0) is 43.5 Å². The number of amides is 2. The number of aliphatic carboxylic acids is 1. The number of nitrogens with one attached hydrogen (secondary N) is 1. The average Bonchev–Trinajstić information content (AvgIpc) is 3.01. The Morgan fingerprint density at radius 3 is 2.38 bits per heavy atom. The van der Waals surface area contributed by atoms with Gasteiger partial charge in [0.15, 0.2) is 5.41 Å². The highest BCUT2D eigenvalue weighted by Crippen LogP contribution is 2.45. The maximum atomic E-state index is 13.1. The second kappa shape index (κ2) is 6.97. The SMILES string of the molecule is Cc1ccc(C(=O)NCC(=O)N2CCC(C(=O)O)(C(F)(F)F)C2)cc1C. The molecule has 1 saturated heterocycles. The van der Waals surface area contributed by atoms with Gasteiger partial charge in [0.25, 0.3) is 5.91 Å². The Hall–Kier alpha value is -2.58. The van der Waals surface area contributed by atoms with Crippen LogP contribution in [0.1, 0.15) is 27.9 Å². The second-order valence-electron chi connectivity index (χ2n) is 6.43. The van der Waals surface area contributed by atoms with Crippen molar-refractivity contribution in [3.8, 4) is 0 Å². The molecule has 2 N–H and O–H groups in total. The van der Waals surface area contributed by atoms with Gasteiger partial charge in [0.1, 0.15) is 0 Å². The Labute approximate surface area is 148 Å². The van der Waals surface area contributed by atoms with Crippen molar-refractivity contribution in [1.29, 1.82) is 0 Å². The number of alkyl halides is 3. The fourth-order valence-corrected chi connectivity index (χ4v) is 2.80. The molecule has 1 aromatic rings. The van der Waals surface area contributed by atoms with Crippen LogP contribution in [-0.4, -0.2) is 53.6 Å². The fraction of sp³-hybridized carbons (Fsp3) is 0.471. The third kappa shape index (κ3) is 3.66. The number of carboxylic acid groups (broad SMARTS) is 1. The summed E-state index contributed by atoms with van der Waals surface area (Å²) in [6.07, 6.45) is -5.67. The largest absolute Gasteiger partial charge is 0.481 e. The molecule has 1 aliphatic rings. The molecule has 1 aromatic carbocycles. The van der Waals surface area contributed by atoms with E-state index in [1.54, 1.807) is 18.2 Å². The summed E-state index contributed by atoms with van der Waals surface area (Å²) in [6, 6.07) is 4.97. The van der Waals surface area contributed by atoms with Crippen molar-refractivity contribution in [2.24, 2.45) is 5.41 Å². The molecule has 1 fully saturated rings. The van der Waals surface area contributed by atoms with Gasteiger partial charge < -0.3 is 15.3 Å². The summed E-state index contributed by atoms with van der Waals surface area (Å²) in [6.45, 7) is 1.92. The first kappa shape index (κ1) is 19.7. The Kier molecular flexibility index (Phi) is 5.29. The van der Waals surface area contributed by atoms with Crippen LogP contribution in [0, 0.1) is 19.3 Å². The maximum Gasteiger partial charge on any atom is 0.406 e. The highest BCUT2D eigenvalue weighted by Gasteiger charge is 2.64. The van der Waals surface area contributed by atoms with Crippen molar-refractivity contribution < 1.29 is 32.7 Å². The number of carbonyl (C=O) groups excluding carboxylic acids is 2. The number of hydrogen-bond acceptors (Lipinski definition) is 3. The Bertz CT molecular complexity index is 748. The van der Waals surface area contributed by atoms with Crippen molar-refractivity contribution in [3.63, 3.8) is 0 Å². The van der Waals surface area contributed by atoms with Crippen LogP contribution in [0.5, 0.6) is 0 Å². The zero-order chi connectivity index (χ0) is 19.7. The van der Waals surface area contributed by atoms with Crippen molar-refractivity contribution >= 4 is 17.8 Å². The monoisotopic (exact) mass is 372 g/mol. The lowest BCUT2D eigenvalue weighted by molar-refractivity contribution is -0.227. The number of likely N-dealkylation sites (tertiary alicyclic amines) is 1. The first-order valence-corrected chi connectivity index (χ1v) is 7.91. The van der Waals surface area contributed by atoms with Crippen LogP contribution in [0.2, 0.25) is 0 Å². The summed E-state index contributed by atoms with van der Waals surface area (Å²) in [5.74, 6) is -3.28. The van der Waals surface area contributed by atoms with E-state index in [9.17, 15) is 27.6 Å². The molecule has 0 aliphatic carbocycles. The van der Waals surface area contributed by atoms with Gasteiger partial charge in [-0.15, -0.1) is 0 Å². The molecule has 0 spiro atoms. The molecule has 1 aliphatic heterocycles. The molecule has 0 saturated carbocycles. The summed E-state index contributed by atoms with van der Waals surface area (Å²) in [7, 11) is 0. The van der Waals surface area contributed by atoms with Crippen LogP contribution in [0.4, 0.5) is 13.2 Å². The predicted octanol–water partition coefficient (Wildman–Crippen LogP) is 1.90. The molecule has 0 aromatic heterocycles. The van der Waals surface area contributed by atoms with E-state index in [1.165, 1.54) is 0 Å². The van der Waals surface area contributed by atoms with Gasteiger partial charge >= 0.3 is 12.1 Å². The van der Waals surface area contributed by atoms with Crippen molar-refractivity contribution in [1.82, 2.24) is 10.2 Å². The fourth-order valence-electron chi connectivity index (χ4n) is 2.80. The Balaban J connectivity index is 1.99. The first-order valence-electron chi connectivity index (χ1n) is 7.91. The van der Waals surface area contributed by atoms with E-state index in [0.717, 1.165) is 16.0 Å². The van der Waals surface area contributed by atoms with Crippen LogP contribution < -0.4 is 5.32 Å². The summed E-state index contributed by atoms with van der Waals surface area (Å²) in [5, 5.41) is 11.3. The standard InChI is InChI=1S/C17H19F3N2O4/c1-10-3-4-12(7-11(10)2)14(24)21-8-13(23)22-6-5-16(9-22,15(25)26)17(18,19)20/h3-4,7H,5-6,8-9H2,1-2H3,(H,21,24)(H,25,26). The molecule has 9 heteroatoms. The van der Waals surface area contributed by atoms with E-state index in [2.05, 4.69) is 5.32 Å². The molecule has 142 valence electrons. The number of carbonyl (C=O) groups is 3. The quantitative estimate of drug-likeness (QED) is 0.845. The van der Waals surface area contributed by atoms with Crippen LogP contribution in [-0.2, 0) is 9.59 Å². The number of benzene rings is 1. The highest BCUT2D eigenvalue weighted by atomic mass is 19.4. The van der Waals surface area contributed by atoms with E-state index in [0.29, 0.717) is 5.56 Å². The van der Waals surface area contributed by atoms with Gasteiger partial charge in [-0.2, -0.15) is 13.2 Å². The summed E-state index contributed by atoms with van der Waals surface area (Å²) in [5.41, 5.74) is -0.745. The van der Waals surface area contributed by atoms with Crippen LogP contribution in [0.25, 0.3) is 0 Å². The zero-order valence-electron chi connectivity index (χ0n) is 14.3. The lowest BCUT2D eigenvalue weighted by Gasteiger charge is -2.27. The van der Waals surface area contributed by atoms with E-state index in [1.807, 2.05) is 13.8 Å². The molecule has 2 amide bonds. The van der Waals surface area contributed by atoms with Crippen molar-refractivity contribution in [2.45, 2.75) is 26.4 Å². The minimum atomic E-state index is -4.96. The lowest BCUT2D eigenvalue weighted by atomic mass is 9.86. The number of aryl methyl sites for hydroxylation is 2. The van der Waals surface area contributed by atoms with E-state index in [4.69, 9.17) is 5.11 Å². The van der Waals surface area contributed by atoms with Crippen molar-refractivity contribution in [2.75, 3.05) is 19.6 Å². The van der Waals surface area contributed by atoms with E-state index < -0.39 is 48.9 Å². The van der Waals surface area contributed by atoms with Gasteiger partial charge in [-0.25, -0.2) is 0 Å². The molecule has 26 heavy (non-hydrogen) atoms. The Morgan fingerprint density at radius 1 is 1.23 bits per heavy atom. The van der Waals surface area contributed by atoms with Gasteiger partial charge in [0.05, 0.1) is 6.54 Å².